The van der Waals surface area contributed by atoms with Crippen molar-refractivity contribution in [2.45, 2.75) is 6.92 Å². The minimum absolute atomic E-state index is 0.0944. The third-order valence-corrected chi connectivity index (χ3v) is 4.45. The van der Waals surface area contributed by atoms with Crippen LogP contribution in [0.4, 0.5) is 28.7 Å². The summed E-state index contributed by atoms with van der Waals surface area (Å²) in [4.78, 5) is 41.3. The van der Waals surface area contributed by atoms with Crippen molar-refractivity contribution in [2.75, 3.05) is 17.3 Å². The summed E-state index contributed by atoms with van der Waals surface area (Å²) in [7, 11) is 0. The van der Waals surface area contributed by atoms with Crippen LogP contribution in [0, 0.1) is 20.2 Å². The number of nitrogens with zero attached hydrogens (tertiary/aromatic N) is 4. The monoisotopic (exact) mass is 473 g/mol. The number of rotatable bonds is 9. The van der Waals surface area contributed by atoms with Crippen molar-refractivity contribution in [1.29, 1.82) is 0 Å². The zero-order valence-corrected chi connectivity index (χ0v) is 17.7. The first kappa shape index (κ1) is 23.1. The Hall–Kier alpha value is -4.52. The third-order valence-electron chi connectivity index (χ3n) is 4.13. The van der Waals surface area contributed by atoms with Crippen molar-refractivity contribution >= 4 is 46.2 Å². The fraction of sp³-hybridized carbons (Fsp3) is 0.105. The smallest absolute Gasteiger partial charge is 0.355 e. The number of nitro benzene ring substituents is 1. The van der Waals surface area contributed by atoms with E-state index in [1.165, 1.54) is 12.1 Å². The zero-order chi connectivity index (χ0) is 24.0. The van der Waals surface area contributed by atoms with Gasteiger partial charge in [0.1, 0.15) is 17.1 Å². The Balaban J connectivity index is 1.79. The van der Waals surface area contributed by atoms with E-state index in [2.05, 4.69) is 26.1 Å². The highest BCUT2D eigenvalue weighted by Crippen LogP contribution is 2.31. The van der Waals surface area contributed by atoms with Crippen molar-refractivity contribution in [3.63, 3.8) is 0 Å². The van der Waals surface area contributed by atoms with Crippen LogP contribution in [0.15, 0.2) is 48.8 Å². The van der Waals surface area contributed by atoms with E-state index in [1.807, 2.05) is 6.92 Å². The molecule has 0 atom stereocenters. The van der Waals surface area contributed by atoms with Crippen molar-refractivity contribution < 1.29 is 19.4 Å². The highest BCUT2D eigenvalue weighted by atomic mass is 35.5. The van der Waals surface area contributed by atoms with Gasteiger partial charge in [0.2, 0.25) is 11.6 Å². The highest BCUT2D eigenvalue weighted by molar-refractivity contribution is 6.32. The van der Waals surface area contributed by atoms with Crippen LogP contribution in [-0.4, -0.2) is 32.3 Å². The number of carbonyl (C=O) groups excluding carboxylic acids is 1. The molecule has 1 aromatic heterocycles. The largest absolute Gasteiger partial charge is 0.494 e. The minimum Gasteiger partial charge on any atom is -0.494 e. The normalized spacial score (nSPS) is 10.2. The van der Waals surface area contributed by atoms with Crippen LogP contribution >= 0.6 is 11.6 Å². The van der Waals surface area contributed by atoms with Crippen LogP contribution in [0.25, 0.3) is 0 Å². The van der Waals surface area contributed by atoms with Crippen molar-refractivity contribution in [2.24, 2.45) is 0 Å². The number of hydrogen-bond donors (Lipinski definition) is 3. The zero-order valence-electron chi connectivity index (χ0n) is 16.9. The molecule has 13 nitrogen and oxygen atoms in total. The second-order valence-corrected chi connectivity index (χ2v) is 6.67. The Morgan fingerprint density at radius 1 is 1.06 bits per heavy atom. The second-order valence-electron chi connectivity index (χ2n) is 6.26. The molecule has 0 spiro atoms. The molecule has 1 amide bonds. The highest BCUT2D eigenvalue weighted by Gasteiger charge is 2.24. The van der Waals surface area contributed by atoms with Gasteiger partial charge >= 0.3 is 5.69 Å². The molecule has 0 saturated carbocycles. The molecule has 0 saturated heterocycles. The summed E-state index contributed by atoms with van der Waals surface area (Å²) in [5.74, 6) is -0.602. The molecule has 170 valence electrons. The SMILES string of the molecule is CCOc1ccc(Nc2ncnc(NNC(=O)c3ccc(Cl)c([N+](=O)[O-])c3)c2[N+](=O)[O-])cc1. The Kier molecular flexibility index (Phi) is 7.15. The third kappa shape index (κ3) is 5.59. The molecule has 0 aliphatic carbocycles. The number of nitrogens with one attached hydrogen (secondary N) is 3. The number of anilines is 3. The van der Waals surface area contributed by atoms with Crippen LogP contribution in [0.1, 0.15) is 17.3 Å². The minimum atomic E-state index is -0.802. The van der Waals surface area contributed by atoms with Gasteiger partial charge in [0.25, 0.3) is 11.6 Å². The summed E-state index contributed by atoms with van der Waals surface area (Å²) in [6, 6.07) is 10.1. The maximum absolute atomic E-state index is 12.4. The number of halogens is 1. The predicted molar refractivity (Wildman–Crippen MR) is 119 cm³/mol. The van der Waals surface area contributed by atoms with E-state index in [-0.39, 0.29) is 22.2 Å². The molecule has 3 aromatic rings. The van der Waals surface area contributed by atoms with Gasteiger partial charge in [-0.05, 0) is 43.3 Å². The summed E-state index contributed by atoms with van der Waals surface area (Å²) in [5, 5.41) is 25.3. The number of aromatic nitrogens is 2. The fourth-order valence-electron chi connectivity index (χ4n) is 2.65. The number of hydrazine groups is 1. The Morgan fingerprint density at radius 2 is 1.76 bits per heavy atom. The Bertz CT molecular complexity index is 1210. The molecular formula is C19H16ClN7O6. The molecule has 0 radical (unpaired) electrons. The van der Waals surface area contributed by atoms with Crippen LogP contribution in [0.2, 0.25) is 5.02 Å². The van der Waals surface area contributed by atoms with Crippen LogP contribution < -0.4 is 20.9 Å². The van der Waals surface area contributed by atoms with Crippen LogP contribution in [-0.2, 0) is 0 Å². The molecule has 0 aliphatic rings. The van der Waals surface area contributed by atoms with Gasteiger partial charge in [0, 0.05) is 17.3 Å². The first-order valence-corrected chi connectivity index (χ1v) is 9.67. The van der Waals surface area contributed by atoms with E-state index in [4.69, 9.17) is 16.3 Å². The molecule has 1 heterocycles. The summed E-state index contributed by atoms with van der Waals surface area (Å²) >= 11 is 5.74. The van der Waals surface area contributed by atoms with Gasteiger partial charge in [-0.25, -0.2) is 9.97 Å². The number of hydrogen-bond acceptors (Lipinski definition) is 10. The van der Waals surface area contributed by atoms with Crippen molar-refractivity contribution in [3.8, 4) is 5.75 Å². The summed E-state index contributed by atoms with van der Waals surface area (Å²) in [6.45, 7) is 2.34. The number of carbonyl (C=O) groups is 1. The van der Waals surface area contributed by atoms with E-state index < -0.39 is 27.1 Å². The van der Waals surface area contributed by atoms with Gasteiger partial charge in [-0.3, -0.25) is 35.9 Å². The number of amides is 1. The number of benzene rings is 2. The Labute approximate surface area is 191 Å². The lowest BCUT2D eigenvalue weighted by atomic mass is 10.2. The molecule has 2 aromatic carbocycles. The molecule has 0 bridgehead atoms. The van der Waals surface area contributed by atoms with Crippen LogP contribution in [0.3, 0.4) is 0 Å². The van der Waals surface area contributed by atoms with Crippen molar-refractivity contribution in [1.82, 2.24) is 15.4 Å². The van der Waals surface area contributed by atoms with E-state index in [0.717, 1.165) is 12.4 Å². The summed E-state index contributed by atoms with van der Waals surface area (Å²) in [5.41, 5.74) is 3.98. The topological polar surface area (TPSA) is 174 Å². The maximum Gasteiger partial charge on any atom is 0.355 e. The second kappa shape index (κ2) is 10.2. The molecule has 33 heavy (non-hydrogen) atoms. The lowest BCUT2D eigenvalue weighted by Gasteiger charge is -2.11. The van der Waals surface area contributed by atoms with E-state index in [9.17, 15) is 25.0 Å². The molecule has 3 N–H and O–H groups in total. The first-order valence-electron chi connectivity index (χ1n) is 9.29. The standard InChI is InChI=1S/C19H16ClN7O6/c1-2-33-13-6-4-12(5-7-13)23-17-16(27(31)32)18(22-10-21-17)24-25-19(28)11-3-8-14(20)15(9-11)26(29)30/h3-10H,2H2,1H3,(H,25,28)(H2,21,22,23,24). The Morgan fingerprint density at radius 3 is 2.39 bits per heavy atom. The van der Waals surface area contributed by atoms with E-state index in [0.29, 0.717) is 18.0 Å². The molecule has 14 heteroatoms. The molecule has 0 aliphatic heterocycles. The van der Waals surface area contributed by atoms with Gasteiger partial charge in [-0.1, -0.05) is 11.6 Å². The van der Waals surface area contributed by atoms with Gasteiger partial charge in [-0.15, -0.1) is 0 Å². The molecular weight excluding hydrogens is 458 g/mol. The average Bonchev–Trinajstić information content (AvgIpc) is 2.79. The van der Waals surface area contributed by atoms with Crippen molar-refractivity contribution in [3.05, 3.63) is 79.6 Å². The van der Waals surface area contributed by atoms with Gasteiger partial charge in [-0.2, -0.15) is 0 Å². The van der Waals surface area contributed by atoms with E-state index in [1.54, 1.807) is 24.3 Å². The lowest BCUT2D eigenvalue weighted by molar-refractivity contribution is -0.384. The lowest BCUT2D eigenvalue weighted by Crippen LogP contribution is -2.30. The predicted octanol–water partition coefficient (Wildman–Crippen LogP) is 3.85. The molecule has 0 fully saturated rings. The average molecular weight is 474 g/mol. The first-order chi connectivity index (χ1) is 15.8. The van der Waals surface area contributed by atoms with Gasteiger partial charge in [0.05, 0.1) is 16.5 Å². The molecule has 3 rings (SSSR count). The van der Waals surface area contributed by atoms with Gasteiger partial charge < -0.3 is 10.1 Å². The number of ether oxygens (including phenoxy) is 1. The quantitative estimate of drug-likeness (QED) is 0.305. The summed E-state index contributed by atoms with van der Waals surface area (Å²) in [6.07, 6.45) is 1.06. The fourth-order valence-corrected chi connectivity index (χ4v) is 2.84. The van der Waals surface area contributed by atoms with E-state index >= 15 is 0 Å². The van der Waals surface area contributed by atoms with Crippen LogP contribution in [0.5, 0.6) is 5.75 Å². The van der Waals surface area contributed by atoms with Gasteiger partial charge in [0.15, 0.2) is 0 Å². The summed E-state index contributed by atoms with van der Waals surface area (Å²) < 4.78 is 5.35. The maximum atomic E-state index is 12.4. The number of nitro groups is 2. The molecule has 0 unspecified atom stereocenters.